The van der Waals surface area contributed by atoms with Crippen LogP contribution in [0, 0.1) is 0 Å². The van der Waals surface area contributed by atoms with Crippen LogP contribution in [0.5, 0.6) is 11.5 Å². The van der Waals surface area contributed by atoms with Crippen LogP contribution in [0.2, 0.25) is 0 Å². The summed E-state index contributed by atoms with van der Waals surface area (Å²) >= 11 is 0. The molecule has 0 saturated carbocycles. The maximum absolute atomic E-state index is 12.7. The summed E-state index contributed by atoms with van der Waals surface area (Å²) < 4.78 is 43.2. The number of ether oxygens (including phenoxy) is 3. The summed E-state index contributed by atoms with van der Waals surface area (Å²) in [5, 5.41) is 2.76. The minimum absolute atomic E-state index is 0.0468. The van der Waals surface area contributed by atoms with E-state index in [2.05, 4.69) is 14.8 Å². The van der Waals surface area contributed by atoms with Crippen molar-refractivity contribution in [3.8, 4) is 11.5 Å². The molecule has 0 atom stereocenters. The van der Waals surface area contributed by atoms with Gasteiger partial charge in [-0.2, -0.15) is 0 Å². The number of unbranched alkanes of at least 4 members (excludes halogenated alkanes) is 1. The Bertz CT molecular complexity index is 1040. The molecule has 1 aliphatic heterocycles. The molecule has 0 aromatic heterocycles. The minimum atomic E-state index is -3.83. The second kappa shape index (κ2) is 10.2. The molecule has 3 rings (SSSR count). The highest BCUT2D eigenvalue weighted by Crippen LogP contribution is 2.32. The van der Waals surface area contributed by atoms with Gasteiger partial charge in [0.1, 0.15) is 13.2 Å². The van der Waals surface area contributed by atoms with Gasteiger partial charge in [-0.15, -0.1) is 0 Å². The van der Waals surface area contributed by atoms with E-state index in [0.29, 0.717) is 61.8 Å². The number of sulfonamides is 1. The summed E-state index contributed by atoms with van der Waals surface area (Å²) in [5.74, 6) is 0.332. The third-order valence-electron chi connectivity index (χ3n) is 4.54. The van der Waals surface area contributed by atoms with E-state index >= 15 is 0 Å². The molecular formula is C21H24N2O7S. The Morgan fingerprint density at radius 2 is 1.71 bits per heavy atom. The quantitative estimate of drug-likeness (QED) is 0.446. The fourth-order valence-electron chi connectivity index (χ4n) is 2.89. The van der Waals surface area contributed by atoms with Crippen molar-refractivity contribution in [2.75, 3.05) is 31.6 Å². The second-order valence-corrected chi connectivity index (χ2v) is 8.46. The molecule has 2 N–H and O–H groups in total. The number of nitrogens with one attached hydrogen (secondary N) is 2. The van der Waals surface area contributed by atoms with Gasteiger partial charge < -0.3 is 19.5 Å². The predicted octanol–water partition coefficient (Wildman–Crippen LogP) is 2.33. The Hall–Kier alpha value is -3.27. The number of hydrogen-bond acceptors (Lipinski definition) is 7. The van der Waals surface area contributed by atoms with E-state index in [-0.39, 0.29) is 16.8 Å². The lowest BCUT2D eigenvalue weighted by atomic mass is 10.2. The Morgan fingerprint density at radius 1 is 1.00 bits per heavy atom. The largest absolute Gasteiger partial charge is 0.486 e. The monoisotopic (exact) mass is 448 g/mol. The molecule has 2 aromatic rings. The molecule has 0 fully saturated rings. The molecule has 0 unspecified atom stereocenters. The number of fused-ring (bicyclic) bond motifs is 1. The predicted molar refractivity (Wildman–Crippen MR) is 113 cm³/mol. The fraction of sp³-hybridized carbons (Fsp3) is 0.333. The number of esters is 1. The lowest BCUT2D eigenvalue weighted by Gasteiger charge is -2.19. The van der Waals surface area contributed by atoms with Crippen molar-refractivity contribution >= 4 is 27.6 Å². The third kappa shape index (κ3) is 6.11. The van der Waals surface area contributed by atoms with Gasteiger partial charge in [-0.3, -0.25) is 14.3 Å². The molecule has 0 bridgehead atoms. The average Bonchev–Trinajstić information content (AvgIpc) is 2.78. The number of amides is 1. The minimum Gasteiger partial charge on any atom is -0.486 e. The first-order valence-corrected chi connectivity index (χ1v) is 11.2. The average molecular weight is 448 g/mol. The number of carbonyl (C=O) groups is 2. The zero-order valence-electron chi connectivity index (χ0n) is 17.1. The van der Waals surface area contributed by atoms with Gasteiger partial charge in [0.15, 0.2) is 11.5 Å². The van der Waals surface area contributed by atoms with Crippen LogP contribution in [0.25, 0.3) is 0 Å². The fourth-order valence-corrected chi connectivity index (χ4v) is 3.97. The van der Waals surface area contributed by atoms with Crippen molar-refractivity contribution in [3.63, 3.8) is 0 Å². The van der Waals surface area contributed by atoms with Crippen LogP contribution < -0.4 is 19.5 Å². The molecule has 166 valence electrons. The molecule has 10 heteroatoms. The van der Waals surface area contributed by atoms with E-state index in [0.717, 1.165) is 0 Å². The van der Waals surface area contributed by atoms with Crippen molar-refractivity contribution < 1.29 is 32.2 Å². The SMILES string of the molecule is COC(=O)CCCCNC(=O)c1ccc(NS(=O)(=O)c2ccc3c(c2)OCCO3)cc1. The highest BCUT2D eigenvalue weighted by atomic mass is 32.2. The number of rotatable bonds is 9. The van der Waals surface area contributed by atoms with Gasteiger partial charge in [0.25, 0.3) is 15.9 Å². The number of carbonyl (C=O) groups excluding carboxylic acids is 2. The summed E-state index contributed by atoms with van der Waals surface area (Å²) in [5.41, 5.74) is 0.722. The summed E-state index contributed by atoms with van der Waals surface area (Å²) in [6.45, 7) is 1.21. The zero-order chi connectivity index (χ0) is 22.3. The van der Waals surface area contributed by atoms with Crippen molar-refractivity contribution in [3.05, 3.63) is 48.0 Å². The van der Waals surface area contributed by atoms with Crippen LogP contribution in [0.15, 0.2) is 47.4 Å². The van der Waals surface area contributed by atoms with E-state index in [1.165, 1.54) is 43.5 Å². The normalized spacial score (nSPS) is 12.7. The molecule has 1 heterocycles. The smallest absolute Gasteiger partial charge is 0.305 e. The molecule has 9 nitrogen and oxygen atoms in total. The van der Waals surface area contributed by atoms with Crippen LogP contribution >= 0.6 is 0 Å². The maximum Gasteiger partial charge on any atom is 0.305 e. The zero-order valence-corrected chi connectivity index (χ0v) is 17.9. The highest BCUT2D eigenvalue weighted by molar-refractivity contribution is 7.92. The first-order valence-electron chi connectivity index (χ1n) is 9.76. The first kappa shape index (κ1) is 22.4. The van der Waals surface area contributed by atoms with Crippen LogP contribution in [0.3, 0.4) is 0 Å². The number of hydrogen-bond donors (Lipinski definition) is 2. The molecule has 0 aliphatic carbocycles. The third-order valence-corrected chi connectivity index (χ3v) is 5.92. The lowest BCUT2D eigenvalue weighted by molar-refractivity contribution is -0.140. The number of anilines is 1. The van der Waals surface area contributed by atoms with Crippen LogP contribution in [-0.4, -0.2) is 47.2 Å². The standard InChI is InChI=1S/C21H24N2O7S/c1-28-20(24)4-2-3-11-22-21(25)15-5-7-16(8-6-15)23-31(26,27)17-9-10-18-19(14-17)30-13-12-29-18/h5-10,14,23H,2-4,11-13H2,1H3,(H,22,25). The Balaban J connectivity index is 1.55. The molecule has 0 spiro atoms. The van der Waals surface area contributed by atoms with Crippen LogP contribution in [0.4, 0.5) is 5.69 Å². The summed E-state index contributed by atoms with van der Waals surface area (Å²) in [4.78, 5) is 23.3. The topological polar surface area (TPSA) is 120 Å². The summed E-state index contributed by atoms with van der Waals surface area (Å²) in [7, 11) is -2.50. The van der Waals surface area contributed by atoms with Gasteiger partial charge in [-0.1, -0.05) is 0 Å². The number of benzene rings is 2. The number of methoxy groups -OCH3 is 1. The first-order chi connectivity index (χ1) is 14.9. The van der Waals surface area contributed by atoms with Crippen molar-refractivity contribution in [2.45, 2.75) is 24.2 Å². The van der Waals surface area contributed by atoms with Gasteiger partial charge >= 0.3 is 5.97 Å². The Labute approximate surface area is 180 Å². The van der Waals surface area contributed by atoms with Crippen LogP contribution in [0.1, 0.15) is 29.6 Å². The van der Waals surface area contributed by atoms with E-state index in [1.807, 2.05) is 0 Å². The molecule has 2 aromatic carbocycles. The van der Waals surface area contributed by atoms with Gasteiger partial charge in [0, 0.05) is 30.3 Å². The van der Waals surface area contributed by atoms with Gasteiger partial charge in [0.05, 0.1) is 12.0 Å². The molecular weight excluding hydrogens is 424 g/mol. The molecule has 31 heavy (non-hydrogen) atoms. The van der Waals surface area contributed by atoms with Crippen molar-refractivity contribution in [1.82, 2.24) is 5.32 Å². The van der Waals surface area contributed by atoms with Gasteiger partial charge in [-0.25, -0.2) is 8.42 Å². The van der Waals surface area contributed by atoms with Crippen molar-refractivity contribution in [2.24, 2.45) is 0 Å². The van der Waals surface area contributed by atoms with Crippen LogP contribution in [-0.2, 0) is 19.6 Å². The maximum atomic E-state index is 12.7. The Kier molecular flexibility index (Phi) is 7.35. The second-order valence-electron chi connectivity index (χ2n) is 6.78. The molecule has 1 amide bonds. The van der Waals surface area contributed by atoms with E-state index < -0.39 is 10.0 Å². The lowest BCUT2D eigenvalue weighted by Crippen LogP contribution is -2.24. The highest BCUT2D eigenvalue weighted by Gasteiger charge is 2.19. The molecule has 1 aliphatic rings. The van der Waals surface area contributed by atoms with Gasteiger partial charge in [0.2, 0.25) is 0 Å². The van der Waals surface area contributed by atoms with Gasteiger partial charge in [-0.05, 0) is 49.2 Å². The van der Waals surface area contributed by atoms with Crippen molar-refractivity contribution in [1.29, 1.82) is 0 Å². The van der Waals surface area contributed by atoms with E-state index in [1.54, 1.807) is 6.07 Å². The summed E-state index contributed by atoms with van der Waals surface area (Å²) in [6.07, 6.45) is 1.58. The Morgan fingerprint density at radius 3 is 2.42 bits per heavy atom. The van der Waals surface area contributed by atoms with E-state index in [9.17, 15) is 18.0 Å². The molecule has 0 saturated heterocycles. The summed E-state index contributed by atoms with van der Waals surface area (Å²) in [6, 6.07) is 10.5. The van der Waals surface area contributed by atoms with E-state index in [4.69, 9.17) is 9.47 Å². The molecule has 0 radical (unpaired) electrons.